The maximum absolute atomic E-state index is 12.3. The Morgan fingerprint density at radius 3 is 2.41 bits per heavy atom. The first-order chi connectivity index (χ1) is 13.7. The summed E-state index contributed by atoms with van der Waals surface area (Å²) in [6, 6.07) is 7.75. The minimum Gasteiger partial charge on any atom is -0.454 e. The number of nitrogens with one attached hydrogen (secondary N) is 2. The standard InChI is InChI=1S/C20H25N3O6/c1-4-20(3)18(27)23(19(28)22-20)11-17(26)29-12-16(25)21-15(13(2)24)10-14-8-6-5-7-9-14/h5-9,15H,4,10-12H2,1-3H3,(H,21,25)(H,22,28)/t15-,20+/m1/s1. The van der Waals surface area contributed by atoms with Crippen molar-refractivity contribution >= 4 is 29.6 Å². The van der Waals surface area contributed by atoms with Crippen LogP contribution < -0.4 is 10.6 Å². The monoisotopic (exact) mass is 403 g/mol. The van der Waals surface area contributed by atoms with Gasteiger partial charge in [-0.2, -0.15) is 0 Å². The van der Waals surface area contributed by atoms with Gasteiger partial charge in [0.25, 0.3) is 11.8 Å². The van der Waals surface area contributed by atoms with Crippen molar-refractivity contribution in [1.82, 2.24) is 15.5 Å². The molecule has 9 nitrogen and oxygen atoms in total. The molecule has 0 saturated carbocycles. The number of ether oxygens (including phenoxy) is 1. The minimum atomic E-state index is -1.05. The van der Waals surface area contributed by atoms with Crippen molar-refractivity contribution < 1.29 is 28.7 Å². The lowest BCUT2D eigenvalue weighted by molar-refractivity contribution is -0.151. The Morgan fingerprint density at radius 2 is 1.86 bits per heavy atom. The molecule has 0 bridgehead atoms. The Hall–Kier alpha value is -3.23. The molecule has 0 radical (unpaired) electrons. The number of esters is 1. The predicted molar refractivity (Wildman–Crippen MR) is 103 cm³/mol. The molecule has 1 aliphatic rings. The third-order valence-corrected chi connectivity index (χ3v) is 4.81. The number of hydrogen-bond donors (Lipinski definition) is 2. The van der Waals surface area contributed by atoms with E-state index in [1.807, 2.05) is 30.3 Å². The summed E-state index contributed by atoms with van der Waals surface area (Å²) in [4.78, 5) is 60.7. The number of amides is 4. The Morgan fingerprint density at radius 1 is 1.21 bits per heavy atom. The number of nitrogens with zero attached hydrogens (tertiary/aromatic N) is 1. The summed E-state index contributed by atoms with van der Waals surface area (Å²) < 4.78 is 4.86. The van der Waals surface area contributed by atoms with E-state index in [1.54, 1.807) is 13.8 Å². The molecule has 0 aromatic heterocycles. The highest BCUT2D eigenvalue weighted by atomic mass is 16.5. The molecular formula is C20H25N3O6. The van der Waals surface area contributed by atoms with Crippen LogP contribution in [0.15, 0.2) is 30.3 Å². The van der Waals surface area contributed by atoms with Crippen LogP contribution in [0.3, 0.4) is 0 Å². The van der Waals surface area contributed by atoms with E-state index in [2.05, 4.69) is 10.6 Å². The van der Waals surface area contributed by atoms with E-state index in [9.17, 15) is 24.0 Å². The first-order valence-corrected chi connectivity index (χ1v) is 9.29. The fourth-order valence-corrected chi connectivity index (χ4v) is 2.83. The Bertz CT molecular complexity index is 810. The van der Waals surface area contributed by atoms with Crippen LogP contribution in [0.5, 0.6) is 0 Å². The van der Waals surface area contributed by atoms with Gasteiger partial charge in [0.05, 0.1) is 6.04 Å². The first-order valence-electron chi connectivity index (χ1n) is 9.29. The lowest BCUT2D eigenvalue weighted by Crippen LogP contribution is -2.44. The van der Waals surface area contributed by atoms with Gasteiger partial charge in [0.15, 0.2) is 12.4 Å². The summed E-state index contributed by atoms with van der Waals surface area (Å²) >= 11 is 0. The number of rotatable bonds is 9. The van der Waals surface area contributed by atoms with E-state index in [1.165, 1.54) is 6.92 Å². The highest BCUT2D eigenvalue weighted by Crippen LogP contribution is 2.20. The van der Waals surface area contributed by atoms with E-state index >= 15 is 0 Å². The van der Waals surface area contributed by atoms with Gasteiger partial charge in [-0.1, -0.05) is 37.3 Å². The Labute approximate surface area is 168 Å². The smallest absolute Gasteiger partial charge is 0.326 e. The second-order valence-electron chi connectivity index (χ2n) is 7.09. The minimum absolute atomic E-state index is 0.230. The van der Waals surface area contributed by atoms with Gasteiger partial charge in [-0.25, -0.2) is 4.79 Å². The van der Waals surface area contributed by atoms with Crippen molar-refractivity contribution in [3.05, 3.63) is 35.9 Å². The van der Waals surface area contributed by atoms with Gasteiger partial charge < -0.3 is 15.4 Å². The molecule has 29 heavy (non-hydrogen) atoms. The quantitative estimate of drug-likeness (QED) is 0.459. The van der Waals surface area contributed by atoms with Gasteiger partial charge >= 0.3 is 12.0 Å². The Balaban J connectivity index is 1.84. The second-order valence-corrected chi connectivity index (χ2v) is 7.09. The van der Waals surface area contributed by atoms with E-state index in [4.69, 9.17) is 4.74 Å². The number of ketones is 1. The van der Waals surface area contributed by atoms with Crippen molar-refractivity contribution in [2.24, 2.45) is 0 Å². The zero-order chi connectivity index (χ0) is 21.6. The zero-order valence-corrected chi connectivity index (χ0v) is 16.7. The van der Waals surface area contributed by atoms with Gasteiger partial charge in [0.2, 0.25) is 0 Å². The van der Waals surface area contributed by atoms with Gasteiger partial charge in [-0.05, 0) is 32.3 Å². The van der Waals surface area contributed by atoms with E-state index < -0.39 is 48.5 Å². The number of imide groups is 1. The normalized spacial score (nSPS) is 19.5. The number of hydrogen-bond acceptors (Lipinski definition) is 6. The first kappa shape index (κ1) is 22.1. The molecule has 1 heterocycles. The number of carbonyl (C=O) groups is 5. The SMILES string of the molecule is CC[C@]1(C)NC(=O)N(CC(=O)OCC(=O)N[C@H](Cc2ccccc2)C(C)=O)C1=O. The van der Waals surface area contributed by atoms with Crippen molar-refractivity contribution in [2.45, 2.75) is 45.2 Å². The summed E-state index contributed by atoms with van der Waals surface area (Å²) in [5, 5.41) is 5.05. The summed E-state index contributed by atoms with van der Waals surface area (Å²) in [6.45, 7) is 3.47. The van der Waals surface area contributed by atoms with Crippen molar-refractivity contribution in [3.63, 3.8) is 0 Å². The summed E-state index contributed by atoms with van der Waals surface area (Å²) in [6.07, 6.45) is 0.688. The van der Waals surface area contributed by atoms with Gasteiger partial charge in [-0.15, -0.1) is 0 Å². The van der Waals surface area contributed by atoms with Crippen LogP contribution in [0.25, 0.3) is 0 Å². The molecule has 0 spiro atoms. The van der Waals surface area contributed by atoms with Crippen LogP contribution in [-0.2, 0) is 30.3 Å². The molecule has 1 aromatic rings. The highest BCUT2D eigenvalue weighted by Gasteiger charge is 2.47. The van der Waals surface area contributed by atoms with Crippen LogP contribution in [0.1, 0.15) is 32.8 Å². The lowest BCUT2D eigenvalue weighted by Gasteiger charge is -2.19. The molecule has 2 rings (SSSR count). The molecule has 2 atom stereocenters. The molecule has 2 N–H and O–H groups in total. The molecule has 1 aromatic carbocycles. The molecule has 156 valence electrons. The predicted octanol–water partition coefficient (Wildman–Crippen LogP) is 0.567. The number of carbonyl (C=O) groups excluding carboxylic acids is 5. The number of Topliss-reactive ketones (excluding diaryl/α,β-unsaturated/α-hetero) is 1. The molecule has 9 heteroatoms. The zero-order valence-electron chi connectivity index (χ0n) is 16.7. The largest absolute Gasteiger partial charge is 0.454 e. The number of urea groups is 1. The average Bonchev–Trinajstić information content (AvgIpc) is 2.90. The van der Waals surface area contributed by atoms with Crippen LogP contribution in [0, 0.1) is 0 Å². The second kappa shape index (κ2) is 9.31. The lowest BCUT2D eigenvalue weighted by atomic mass is 9.99. The Kier molecular flexibility index (Phi) is 7.08. The van der Waals surface area contributed by atoms with E-state index in [0.717, 1.165) is 10.5 Å². The van der Waals surface area contributed by atoms with Crippen molar-refractivity contribution in [2.75, 3.05) is 13.2 Å². The van der Waals surface area contributed by atoms with Crippen LogP contribution in [0.4, 0.5) is 4.79 Å². The van der Waals surface area contributed by atoms with Crippen LogP contribution >= 0.6 is 0 Å². The fourth-order valence-electron chi connectivity index (χ4n) is 2.83. The third-order valence-electron chi connectivity index (χ3n) is 4.81. The number of benzene rings is 1. The summed E-state index contributed by atoms with van der Waals surface area (Å²) in [5.74, 6) is -2.30. The van der Waals surface area contributed by atoms with Crippen LogP contribution in [-0.4, -0.2) is 59.2 Å². The highest BCUT2D eigenvalue weighted by molar-refractivity contribution is 6.08. The third kappa shape index (κ3) is 5.63. The molecule has 1 saturated heterocycles. The molecule has 1 aliphatic heterocycles. The average molecular weight is 403 g/mol. The van der Waals surface area contributed by atoms with E-state index in [0.29, 0.717) is 12.8 Å². The topological polar surface area (TPSA) is 122 Å². The van der Waals surface area contributed by atoms with Gasteiger partial charge in [-0.3, -0.25) is 24.1 Å². The van der Waals surface area contributed by atoms with Gasteiger partial charge in [0, 0.05) is 0 Å². The van der Waals surface area contributed by atoms with Crippen LogP contribution in [0.2, 0.25) is 0 Å². The molecule has 4 amide bonds. The van der Waals surface area contributed by atoms with Crippen molar-refractivity contribution in [3.8, 4) is 0 Å². The summed E-state index contributed by atoms with van der Waals surface area (Å²) in [5.41, 5.74) is -0.177. The van der Waals surface area contributed by atoms with E-state index in [-0.39, 0.29) is 5.78 Å². The maximum Gasteiger partial charge on any atom is 0.326 e. The van der Waals surface area contributed by atoms with Gasteiger partial charge in [0.1, 0.15) is 12.1 Å². The van der Waals surface area contributed by atoms with Crippen molar-refractivity contribution in [1.29, 1.82) is 0 Å². The molecule has 1 fully saturated rings. The molecule has 0 aliphatic carbocycles. The molecular weight excluding hydrogens is 378 g/mol. The summed E-state index contributed by atoms with van der Waals surface area (Å²) in [7, 11) is 0. The fraction of sp³-hybridized carbons (Fsp3) is 0.450. The molecule has 0 unspecified atom stereocenters. The maximum atomic E-state index is 12.3.